The summed E-state index contributed by atoms with van der Waals surface area (Å²) in [6.07, 6.45) is 2.25. The summed E-state index contributed by atoms with van der Waals surface area (Å²) in [4.78, 5) is 3.49. The maximum atomic E-state index is 8.58. The zero-order valence-corrected chi connectivity index (χ0v) is 12.9. The van der Waals surface area contributed by atoms with Crippen LogP contribution in [0.4, 0.5) is 0 Å². The molecule has 2 heteroatoms. The summed E-state index contributed by atoms with van der Waals surface area (Å²) < 4.78 is 0. The standard InChI is InChI=1S/C9H15N.C7H11N/c1-7(2)8(10-6)9(3,4)5;1-6(2)7(5-8)3-4-7/h1-5H3;6H,3-4H2,1-2H3. The maximum Gasteiger partial charge on any atom is 0.169 e. The Bertz CT molecular complexity index is 386. The second kappa shape index (κ2) is 6.05. The van der Waals surface area contributed by atoms with E-state index in [4.69, 9.17) is 11.8 Å². The van der Waals surface area contributed by atoms with Crippen LogP contribution in [0.15, 0.2) is 11.3 Å². The van der Waals surface area contributed by atoms with E-state index in [9.17, 15) is 0 Å². The lowest BCUT2D eigenvalue weighted by atomic mass is 9.90. The molecule has 1 aliphatic rings. The van der Waals surface area contributed by atoms with Crippen LogP contribution < -0.4 is 0 Å². The van der Waals surface area contributed by atoms with Crippen molar-refractivity contribution < 1.29 is 0 Å². The molecule has 0 amide bonds. The summed E-state index contributed by atoms with van der Waals surface area (Å²) in [5, 5.41) is 8.58. The summed E-state index contributed by atoms with van der Waals surface area (Å²) in [5.74, 6) is 0.562. The number of rotatable bonds is 1. The highest BCUT2D eigenvalue weighted by Crippen LogP contribution is 2.50. The predicted octanol–water partition coefficient (Wildman–Crippen LogP) is 5.19. The Labute approximate surface area is 113 Å². The molecule has 0 bridgehead atoms. The average Bonchev–Trinajstić information content (AvgIpc) is 2.96. The lowest BCUT2D eigenvalue weighted by Crippen LogP contribution is -2.07. The Morgan fingerprint density at radius 2 is 1.72 bits per heavy atom. The van der Waals surface area contributed by atoms with E-state index in [0.29, 0.717) is 5.92 Å². The Kier molecular flexibility index (Phi) is 5.62. The van der Waals surface area contributed by atoms with Crippen LogP contribution in [0.5, 0.6) is 0 Å². The van der Waals surface area contributed by atoms with Crippen LogP contribution in [0, 0.1) is 34.7 Å². The van der Waals surface area contributed by atoms with Gasteiger partial charge in [-0.1, -0.05) is 54.0 Å². The molecule has 0 aromatic heterocycles. The number of nitriles is 1. The van der Waals surface area contributed by atoms with Crippen molar-refractivity contribution in [3.63, 3.8) is 0 Å². The van der Waals surface area contributed by atoms with Crippen LogP contribution in [0.1, 0.15) is 61.3 Å². The van der Waals surface area contributed by atoms with E-state index >= 15 is 0 Å². The van der Waals surface area contributed by atoms with Crippen molar-refractivity contribution in [3.05, 3.63) is 22.7 Å². The number of nitrogens with zero attached hydrogens (tertiary/aromatic N) is 2. The topological polar surface area (TPSA) is 28.1 Å². The Morgan fingerprint density at radius 3 is 1.72 bits per heavy atom. The van der Waals surface area contributed by atoms with Gasteiger partial charge in [-0.25, -0.2) is 4.85 Å². The van der Waals surface area contributed by atoms with E-state index in [2.05, 4.69) is 45.5 Å². The molecule has 0 N–H and O–H groups in total. The van der Waals surface area contributed by atoms with Crippen LogP contribution >= 0.6 is 0 Å². The molecule has 1 saturated carbocycles. The highest BCUT2D eigenvalue weighted by molar-refractivity contribution is 5.22. The first-order valence-corrected chi connectivity index (χ1v) is 6.57. The Hall–Kier alpha value is -1.28. The molecule has 0 radical (unpaired) electrons. The van der Waals surface area contributed by atoms with E-state index < -0.39 is 0 Å². The third-order valence-electron chi connectivity index (χ3n) is 3.41. The van der Waals surface area contributed by atoms with Gasteiger partial charge in [-0.15, -0.1) is 0 Å². The van der Waals surface area contributed by atoms with Gasteiger partial charge >= 0.3 is 0 Å². The zero-order chi connectivity index (χ0) is 14.6. The smallest absolute Gasteiger partial charge is 0.169 e. The molecule has 100 valence electrons. The van der Waals surface area contributed by atoms with Gasteiger partial charge in [0.1, 0.15) is 0 Å². The molecule has 2 nitrogen and oxygen atoms in total. The molecule has 0 atom stereocenters. The summed E-state index contributed by atoms with van der Waals surface area (Å²) in [7, 11) is 0. The minimum absolute atomic E-state index is 0.0145. The van der Waals surface area contributed by atoms with E-state index in [1.165, 1.54) is 0 Å². The second-order valence-corrected chi connectivity index (χ2v) is 6.63. The molecule has 0 aliphatic heterocycles. The first-order chi connectivity index (χ1) is 8.10. The van der Waals surface area contributed by atoms with E-state index in [-0.39, 0.29) is 10.8 Å². The van der Waals surface area contributed by atoms with Crippen molar-refractivity contribution in [1.29, 1.82) is 5.26 Å². The van der Waals surface area contributed by atoms with Crippen molar-refractivity contribution in [2.75, 3.05) is 0 Å². The third kappa shape index (κ3) is 4.53. The molecule has 0 aromatic rings. The van der Waals surface area contributed by atoms with Crippen molar-refractivity contribution in [1.82, 2.24) is 0 Å². The van der Waals surface area contributed by atoms with Crippen LogP contribution in [0.25, 0.3) is 4.85 Å². The molecule has 18 heavy (non-hydrogen) atoms. The van der Waals surface area contributed by atoms with Crippen LogP contribution in [0.2, 0.25) is 0 Å². The first-order valence-electron chi connectivity index (χ1n) is 6.57. The van der Waals surface area contributed by atoms with Gasteiger partial charge in [0.15, 0.2) is 5.70 Å². The summed E-state index contributed by atoms with van der Waals surface area (Å²) in [5.41, 5.74) is 2.12. The molecule has 0 unspecified atom stereocenters. The highest BCUT2D eigenvalue weighted by atomic mass is 14.7. The van der Waals surface area contributed by atoms with Gasteiger partial charge in [-0.05, 0) is 24.2 Å². The normalized spacial score (nSPS) is 15.9. The summed E-state index contributed by atoms with van der Waals surface area (Å²) >= 11 is 0. The summed E-state index contributed by atoms with van der Waals surface area (Å²) in [6, 6.07) is 2.35. The molecular formula is C16H26N2. The molecule has 0 heterocycles. The van der Waals surface area contributed by atoms with Gasteiger partial charge < -0.3 is 0 Å². The SMILES string of the molecule is CC(C)C1(C#N)CC1.[C-]#[N+]C(=C(C)C)C(C)(C)C. The first kappa shape index (κ1) is 16.7. The van der Waals surface area contributed by atoms with E-state index in [1.54, 1.807) is 0 Å². The Morgan fingerprint density at radius 1 is 1.28 bits per heavy atom. The fraction of sp³-hybridized carbons (Fsp3) is 0.750. The quantitative estimate of drug-likeness (QED) is 0.585. The third-order valence-corrected chi connectivity index (χ3v) is 3.41. The lowest BCUT2D eigenvalue weighted by Gasteiger charge is -2.17. The number of allylic oxidation sites excluding steroid dienone is 2. The average molecular weight is 246 g/mol. The van der Waals surface area contributed by atoms with Gasteiger partial charge in [0, 0.05) is 0 Å². The molecule has 1 aliphatic carbocycles. The zero-order valence-electron chi connectivity index (χ0n) is 12.9. The number of hydrogen-bond acceptors (Lipinski definition) is 1. The minimum atomic E-state index is 0.0145. The minimum Gasteiger partial charge on any atom is -0.242 e. The van der Waals surface area contributed by atoms with Crippen LogP contribution in [-0.2, 0) is 0 Å². The molecule has 0 saturated heterocycles. The summed E-state index contributed by atoms with van der Waals surface area (Å²) in [6.45, 7) is 21.3. The van der Waals surface area contributed by atoms with Gasteiger partial charge in [-0.3, -0.25) is 0 Å². The van der Waals surface area contributed by atoms with Crippen LogP contribution in [0.3, 0.4) is 0 Å². The fourth-order valence-corrected chi connectivity index (χ4v) is 1.98. The van der Waals surface area contributed by atoms with Gasteiger partial charge in [0.05, 0.1) is 18.1 Å². The fourth-order valence-electron chi connectivity index (χ4n) is 1.98. The van der Waals surface area contributed by atoms with Crippen molar-refractivity contribution >= 4 is 0 Å². The van der Waals surface area contributed by atoms with Gasteiger partial charge in [0.25, 0.3) is 0 Å². The molecule has 0 aromatic carbocycles. The lowest BCUT2D eigenvalue weighted by molar-refractivity contribution is 0.459. The predicted molar refractivity (Wildman–Crippen MR) is 76.5 cm³/mol. The molecule has 0 spiro atoms. The number of hydrogen-bond donors (Lipinski definition) is 0. The largest absolute Gasteiger partial charge is 0.242 e. The van der Waals surface area contributed by atoms with Crippen molar-refractivity contribution in [3.8, 4) is 6.07 Å². The monoisotopic (exact) mass is 246 g/mol. The van der Waals surface area contributed by atoms with Crippen molar-refractivity contribution in [2.45, 2.75) is 61.3 Å². The maximum absolute atomic E-state index is 8.58. The van der Waals surface area contributed by atoms with E-state index in [0.717, 1.165) is 24.1 Å². The van der Waals surface area contributed by atoms with Crippen molar-refractivity contribution in [2.24, 2.45) is 16.7 Å². The second-order valence-electron chi connectivity index (χ2n) is 6.63. The van der Waals surface area contributed by atoms with Crippen LogP contribution in [-0.4, -0.2) is 0 Å². The van der Waals surface area contributed by atoms with Gasteiger partial charge in [0.2, 0.25) is 0 Å². The highest BCUT2D eigenvalue weighted by Gasteiger charge is 2.45. The molecule has 1 fully saturated rings. The Balaban J connectivity index is 0.000000327. The van der Waals surface area contributed by atoms with Gasteiger partial charge in [-0.2, -0.15) is 5.26 Å². The van der Waals surface area contributed by atoms with E-state index in [1.807, 2.05) is 13.8 Å². The molecular weight excluding hydrogens is 220 g/mol. The molecule has 1 rings (SSSR count).